The Kier molecular flexibility index (Phi) is 2.85. The summed E-state index contributed by atoms with van der Waals surface area (Å²) in [6, 6.07) is 5.18. The second-order valence-electron chi connectivity index (χ2n) is 5.06. The number of aromatic nitrogens is 5. The summed E-state index contributed by atoms with van der Waals surface area (Å²) in [7, 11) is 1.59. The van der Waals surface area contributed by atoms with E-state index < -0.39 is 0 Å². The van der Waals surface area contributed by atoms with Crippen LogP contribution in [0.1, 0.15) is 10.5 Å². The van der Waals surface area contributed by atoms with Crippen molar-refractivity contribution in [2.24, 2.45) is 7.05 Å². The molecule has 8 heteroatoms. The number of carbonyl (C=O) groups excluding carboxylic acids is 1. The summed E-state index contributed by atoms with van der Waals surface area (Å²) in [6.45, 7) is 0. The maximum absolute atomic E-state index is 12.6. The van der Waals surface area contributed by atoms with Crippen molar-refractivity contribution in [2.45, 2.75) is 0 Å². The minimum Gasteiger partial charge on any atom is -0.295 e. The Morgan fingerprint density at radius 1 is 1.26 bits per heavy atom. The Morgan fingerprint density at radius 3 is 2.83 bits per heavy atom. The molecule has 0 aliphatic rings. The predicted molar refractivity (Wildman–Crippen MR) is 84.9 cm³/mol. The Hall–Kier alpha value is -2.93. The molecule has 0 spiro atoms. The van der Waals surface area contributed by atoms with Crippen molar-refractivity contribution < 1.29 is 4.79 Å². The maximum Gasteiger partial charge on any atom is 0.285 e. The first-order valence-corrected chi connectivity index (χ1v) is 7.14. The van der Waals surface area contributed by atoms with Crippen molar-refractivity contribution in [1.82, 2.24) is 23.5 Å². The Balaban J connectivity index is 2.13. The van der Waals surface area contributed by atoms with E-state index in [9.17, 15) is 9.59 Å². The van der Waals surface area contributed by atoms with Gasteiger partial charge in [0.1, 0.15) is 12.7 Å². The van der Waals surface area contributed by atoms with Crippen LogP contribution in [0.3, 0.4) is 0 Å². The van der Waals surface area contributed by atoms with E-state index in [1.165, 1.54) is 34.2 Å². The van der Waals surface area contributed by atoms with E-state index in [2.05, 4.69) is 9.97 Å². The van der Waals surface area contributed by atoms with Gasteiger partial charge in [-0.25, -0.2) is 9.97 Å². The summed E-state index contributed by atoms with van der Waals surface area (Å²) in [5, 5.41) is 0.754. The normalized spacial score (nSPS) is 11.4. The molecule has 3 heterocycles. The lowest BCUT2D eigenvalue weighted by Crippen LogP contribution is -2.22. The van der Waals surface area contributed by atoms with Gasteiger partial charge in [0.15, 0.2) is 11.3 Å². The van der Waals surface area contributed by atoms with Gasteiger partial charge in [0.2, 0.25) is 0 Å². The zero-order valence-corrected chi connectivity index (χ0v) is 12.7. The molecule has 7 nitrogen and oxygen atoms in total. The van der Waals surface area contributed by atoms with Crippen LogP contribution in [-0.2, 0) is 7.05 Å². The van der Waals surface area contributed by atoms with Gasteiger partial charge < -0.3 is 0 Å². The summed E-state index contributed by atoms with van der Waals surface area (Å²) in [5.74, 6) is -0.360. The SMILES string of the molecule is Cn1c(=O)c2c(Cl)cccc2n2cnc(C(=O)n3ccnc3)c12. The Bertz CT molecular complexity index is 1120. The van der Waals surface area contributed by atoms with E-state index in [0.29, 0.717) is 21.6 Å². The minimum atomic E-state index is -0.360. The van der Waals surface area contributed by atoms with Crippen molar-refractivity contribution in [1.29, 1.82) is 0 Å². The molecule has 0 saturated heterocycles. The van der Waals surface area contributed by atoms with E-state index in [4.69, 9.17) is 11.6 Å². The largest absolute Gasteiger partial charge is 0.295 e. The number of carbonyl (C=O) groups is 1. The van der Waals surface area contributed by atoms with E-state index in [1.807, 2.05) is 0 Å². The topological polar surface area (TPSA) is 74.2 Å². The average Bonchev–Trinajstić information content (AvgIpc) is 3.21. The van der Waals surface area contributed by atoms with Crippen molar-refractivity contribution in [3.63, 3.8) is 0 Å². The number of benzene rings is 1. The predicted octanol–water partition coefficient (Wildman–Crippen LogP) is 1.72. The molecule has 0 amide bonds. The van der Waals surface area contributed by atoms with Crippen LogP contribution in [0.15, 0.2) is 48.0 Å². The van der Waals surface area contributed by atoms with E-state index >= 15 is 0 Å². The van der Waals surface area contributed by atoms with Crippen LogP contribution in [0.4, 0.5) is 0 Å². The highest BCUT2D eigenvalue weighted by Crippen LogP contribution is 2.22. The van der Waals surface area contributed by atoms with Gasteiger partial charge in [-0.15, -0.1) is 0 Å². The molecular weight excluding hydrogens is 318 g/mol. The van der Waals surface area contributed by atoms with E-state index in [1.54, 1.807) is 29.6 Å². The molecule has 4 aromatic rings. The monoisotopic (exact) mass is 327 g/mol. The quantitative estimate of drug-likeness (QED) is 0.533. The fourth-order valence-corrected chi connectivity index (χ4v) is 2.93. The standard InChI is InChI=1S/C15H10ClN5O2/c1-19-13-12(15(23)20-6-5-17-7-20)18-8-21(13)10-4-2-3-9(16)11(10)14(19)22/h2-8H,1H3. The number of aryl methyl sites for hydroxylation is 1. The fraction of sp³-hybridized carbons (Fsp3) is 0.0667. The van der Waals surface area contributed by atoms with Crippen LogP contribution in [0.2, 0.25) is 5.02 Å². The molecule has 0 fully saturated rings. The van der Waals surface area contributed by atoms with Crippen LogP contribution in [0.25, 0.3) is 16.6 Å². The van der Waals surface area contributed by atoms with Gasteiger partial charge >= 0.3 is 0 Å². The highest BCUT2D eigenvalue weighted by Gasteiger charge is 2.20. The van der Waals surface area contributed by atoms with Crippen LogP contribution in [0.5, 0.6) is 0 Å². The molecule has 0 aliphatic heterocycles. The number of fused-ring (bicyclic) bond motifs is 3. The van der Waals surface area contributed by atoms with Gasteiger partial charge in [-0.05, 0) is 12.1 Å². The zero-order valence-electron chi connectivity index (χ0n) is 12.0. The third-order valence-corrected chi connectivity index (χ3v) is 4.09. The zero-order chi connectivity index (χ0) is 16.1. The summed E-state index contributed by atoms with van der Waals surface area (Å²) < 4.78 is 4.38. The van der Waals surface area contributed by atoms with Crippen LogP contribution in [0, 0.1) is 0 Å². The Morgan fingerprint density at radius 2 is 2.09 bits per heavy atom. The fourth-order valence-electron chi connectivity index (χ4n) is 2.68. The van der Waals surface area contributed by atoms with Gasteiger partial charge in [-0.1, -0.05) is 17.7 Å². The van der Waals surface area contributed by atoms with Crippen LogP contribution in [-0.4, -0.2) is 29.4 Å². The summed E-state index contributed by atoms with van der Waals surface area (Å²) >= 11 is 6.16. The third kappa shape index (κ3) is 1.83. The minimum absolute atomic E-state index is 0.171. The smallest absolute Gasteiger partial charge is 0.285 e. The summed E-state index contributed by atoms with van der Waals surface area (Å²) in [4.78, 5) is 33.2. The molecule has 4 rings (SSSR count). The van der Waals surface area contributed by atoms with Gasteiger partial charge in [0, 0.05) is 19.4 Å². The molecule has 0 saturated carbocycles. The molecule has 3 aromatic heterocycles. The molecule has 0 unspecified atom stereocenters. The lowest BCUT2D eigenvalue weighted by atomic mass is 10.2. The second-order valence-corrected chi connectivity index (χ2v) is 5.47. The molecule has 0 bridgehead atoms. The highest BCUT2D eigenvalue weighted by atomic mass is 35.5. The first-order valence-electron chi connectivity index (χ1n) is 6.76. The number of nitrogens with zero attached hydrogens (tertiary/aromatic N) is 5. The molecular formula is C15H10ClN5O2. The Labute approximate surface area is 134 Å². The highest BCUT2D eigenvalue weighted by molar-refractivity contribution is 6.35. The van der Waals surface area contributed by atoms with Gasteiger partial charge in [0.25, 0.3) is 11.5 Å². The van der Waals surface area contributed by atoms with Crippen molar-refractivity contribution >= 4 is 34.1 Å². The molecule has 0 N–H and O–H groups in total. The van der Waals surface area contributed by atoms with Gasteiger partial charge in [0.05, 0.1) is 15.9 Å². The van der Waals surface area contributed by atoms with Crippen molar-refractivity contribution in [3.8, 4) is 0 Å². The lowest BCUT2D eigenvalue weighted by Gasteiger charge is -2.09. The van der Waals surface area contributed by atoms with Crippen LogP contribution >= 0.6 is 11.6 Å². The summed E-state index contributed by atoms with van der Waals surface area (Å²) in [6.07, 6.45) is 5.94. The maximum atomic E-state index is 12.6. The van der Waals surface area contributed by atoms with E-state index in [0.717, 1.165) is 0 Å². The molecule has 1 aromatic carbocycles. The number of imidazole rings is 2. The second kappa shape index (κ2) is 4.79. The van der Waals surface area contributed by atoms with Crippen LogP contribution < -0.4 is 5.56 Å². The molecule has 0 atom stereocenters. The van der Waals surface area contributed by atoms with Gasteiger partial charge in [-0.2, -0.15) is 0 Å². The number of halogens is 1. The third-order valence-electron chi connectivity index (χ3n) is 3.77. The van der Waals surface area contributed by atoms with Gasteiger partial charge in [-0.3, -0.25) is 23.1 Å². The van der Waals surface area contributed by atoms with Crippen molar-refractivity contribution in [2.75, 3.05) is 0 Å². The number of rotatable bonds is 1. The van der Waals surface area contributed by atoms with Crippen molar-refractivity contribution in [3.05, 3.63) is 64.3 Å². The number of hydrogen-bond donors (Lipinski definition) is 0. The van der Waals surface area contributed by atoms with E-state index in [-0.39, 0.29) is 17.2 Å². The summed E-state index contributed by atoms with van der Waals surface area (Å²) in [5.41, 5.74) is 0.902. The average molecular weight is 328 g/mol. The molecule has 0 radical (unpaired) electrons. The number of hydrogen-bond acceptors (Lipinski definition) is 4. The molecule has 23 heavy (non-hydrogen) atoms. The molecule has 0 aliphatic carbocycles. The lowest BCUT2D eigenvalue weighted by molar-refractivity contribution is 0.0956. The first kappa shape index (κ1) is 13.7. The first-order chi connectivity index (χ1) is 11.1. The molecule has 114 valence electrons.